The smallest absolute Gasteiger partial charge is 0.220 e. The van der Waals surface area contributed by atoms with Crippen molar-refractivity contribution in [3.63, 3.8) is 0 Å². The topological polar surface area (TPSA) is 54.5 Å². The Balaban J connectivity index is 1.94. The molecule has 2 rings (SSSR count). The van der Waals surface area contributed by atoms with Crippen LogP contribution in [0, 0.1) is 6.92 Å². The van der Waals surface area contributed by atoms with Crippen molar-refractivity contribution in [2.45, 2.75) is 32.4 Å². The second-order valence-electron chi connectivity index (χ2n) is 5.12. The van der Waals surface area contributed by atoms with Gasteiger partial charge in [-0.05, 0) is 26.5 Å². The van der Waals surface area contributed by atoms with Crippen LogP contribution in [0.3, 0.4) is 0 Å². The van der Waals surface area contributed by atoms with Crippen molar-refractivity contribution in [3.05, 3.63) is 23.4 Å². The lowest BCUT2D eigenvalue weighted by atomic mass is 10.2. The lowest BCUT2D eigenvalue weighted by molar-refractivity contribution is -0.119. The second-order valence-corrected chi connectivity index (χ2v) is 5.12. The summed E-state index contributed by atoms with van der Waals surface area (Å²) in [7, 11) is 3.69. The first-order valence-electron chi connectivity index (χ1n) is 6.57. The third-order valence-corrected chi connectivity index (χ3v) is 3.33. The van der Waals surface area contributed by atoms with E-state index in [4.69, 9.17) is 4.74 Å². The minimum atomic E-state index is 0.160. The first-order valence-corrected chi connectivity index (χ1v) is 6.57. The highest BCUT2D eigenvalue weighted by Crippen LogP contribution is 2.18. The van der Waals surface area contributed by atoms with Crippen LogP contribution in [0.25, 0.3) is 0 Å². The molecule has 1 N–H and O–H groups in total. The molecule has 0 saturated carbocycles. The van der Waals surface area contributed by atoms with E-state index in [2.05, 4.69) is 15.2 Å². The van der Waals surface area contributed by atoms with Crippen molar-refractivity contribution < 1.29 is 9.53 Å². The maximum absolute atomic E-state index is 11.2. The van der Waals surface area contributed by atoms with Crippen LogP contribution in [0.4, 0.5) is 0 Å². The average molecular weight is 263 g/mol. The number of nitrogens with one attached hydrogen (secondary N) is 1. The first-order chi connectivity index (χ1) is 9.08. The van der Waals surface area contributed by atoms with Gasteiger partial charge >= 0.3 is 0 Å². The summed E-state index contributed by atoms with van der Waals surface area (Å²) in [6, 6.07) is 4.30. The molecule has 1 fully saturated rings. The number of aromatic nitrogens is 1. The monoisotopic (exact) mass is 263 g/mol. The van der Waals surface area contributed by atoms with E-state index in [0.29, 0.717) is 12.3 Å². The summed E-state index contributed by atoms with van der Waals surface area (Å²) < 4.78 is 5.31. The molecule has 1 aliphatic heterocycles. The number of carbonyl (C=O) groups excluding carboxylic acids is 1. The summed E-state index contributed by atoms with van der Waals surface area (Å²) in [6.07, 6.45) is 1.57. The number of likely N-dealkylation sites (N-methyl/N-ethyl adjacent to an activating group) is 1. The van der Waals surface area contributed by atoms with Crippen molar-refractivity contribution >= 4 is 5.91 Å². The van der Waals surface area contributed by atoms with Crippen LogP contribution in [-0.4, -0.2) is 42.5 Å². The Morgan fingerprint density at radius 1 is 1.53 bits per heavy atom. The van der Waals surface area contributed by atoms with Gasteiger partial charge in [0.1, 0.15) is 0 Å². The maximum Gasteiger partial charge on any atom is 0.220 e. The van der Waals surface area contributed by atoms with E-state index < -0.39 is 0 Å². The molecule has 1 aliphatic rings. The fourth-order valence-electron chi connectivity index (χ4n) is 2.40. The summed E-state index contributed by atoms with van der Waals surface area (Å²) in [4.78, 5) is 17.7. The van der Waals surface area contributed by atoms with Gasteiger partial charge < -0.3 is 10.1 Å². The summed E-state index contributed by atoms with van der Waals surface area (Å²) in [5.74, 6) is 0.843. The van der Waals surface area contributed by atoms with Gasteiger partial charge in [-0.15, -0.1) is 0 Å². The number of methoxy groups -OCH3 is 1. The average Bonchev–Trinajstić information content (AvgIpc) is 2.76. The number of rotatable bonds is 5. The quantitative estimate of drug-likeness (QED) is 0.864. The van der Waals surface area contributed by atoms with E-state index in [-0.39, 0.29) is 11.9 Å². The summed E-state index contributed by atoms with van der Waals surface area (Å²) in [5, 5.41) is 2.98. The van der Waals surface area contributed by atoms with Gasteiger partial charge in [-0.1, -0.05) is 6.07 Å². The van der Waals surface area contributed by atoms with Crippen LogP contribution in [0.5, 0.6) is 5.88 Å². The molecule has 2 heterocycles. The van der Waals surface area contributed by atoms with E-state index in [0.717, 1.165) is 30.8 Å². The molecular weight excluding hydrogens is 242 g/mol. The molecule has 19 heavy (non-hydrogen) atoms. The van der Waals surface area contributed by atoms with Gasteiger partial charge in [0.25, 0.3) is 0 Å². The van der Waals surface area contributed by atoms with Crippen molar-refractivity contribution in [1.29, 1.82) is 0 Å². The van der Waals surface area contributed by atoms with Crippen molar-refractivity contribution in [1.82, 2.24) is 15.2 Å². The molecule has 1 atom stereocenters. The van der Waals surface area contributed by atoms with E-state index in [9.17, 15) is 4.79 Å². The first kappa shape index (κ1) is 13.8. The predicted molar refractivity (Wildman–Crippen MR) is 73.0 cm³/mol. The maximum atomic E-state index is 11.2. The lowest BCUT2D eigenvalue weighted by Crippen LogP contribution is -2.36. The lowest BCUT2D eigenvalue weighted by Gasteiger charge is -2.21. The molecule has 0 radical (unpaired) electrons. The van der Waals surface area contributed by atoms with Gasteiger partial charge in [-0.3, -0.25) is 9.69 Å². The molecule has 5 nitrogen and oxygen atoms in total. The van der Waals surface area contributed by atoms with Crippen LogP contribution < -0.4 is 10.1 Å². The van der Waals surface area contributed by atoms with Crippen molar-refractivity contribution in [3.8, 4) is 5.88 Å². The van der Waals surface area contributed by atoms with Gasteiger partial charge in [0.15, 0.2) is 0 Å². The highest BCUT2D eigenvalue weighted by Gasteiger charge is 2.22. The molecule has 1 amide bonds. The molecule has 0 aromatic carbocycles. The van der Waals surface area contributed by atoms with Crippen LogP contribution in [0.15, 0.2) is 12.1 Å². The number of aryl methyl sites for hydroxylation is 1. The molecule has 1 aromatic rings. The van der Waals surface area contributed by atoms with Gasteiger partial charge in [-0.2, -0.15) is 0 Å². The van der Waals surface area contributed by atoms with Crippen LogP contribution in [-0.2, 0) is 11.3 Å². The zero-order chi connectivity index (χ0) is 13.8. The molecule has 0 unspecified atom stereocenters. The number of hydrogen-bond donors (Lipinski definition) is 1. The Bertz CT molecular complexity index is 462. The van der Waals surface area contributed by atoms with E-state index >= 15 is 0 Å². The third-order valence-electron chi connectivity index (χ3n) is 3.33. The Hall–Kier alpha value is -1.62. The largest absolute Gasteiger partial charge is 0.481 e. The number of ether oxygens (including phenoxy) is 1. The van der Waals surface area contributed by atoms with E-state index in [1.54, 1.807) is 7.11 Å². The summed E-state index contributed by atoms with van der Waals surface area (Å²) in [6.45, 7) is 3.57. The highest BCUT2D eigenvalue weighted by atomic mass is 16.5. The van der Waals surface area contributed by atoms with Crippen LogP contribution in [0.1, 0.15) is 24.1 Å². The molecule has 0 spiro atoms. The number of amides is 1. The highest BCUT2D eigenvalue weighted by molar-refractivity contribution is 5.78. The number of pyridine rings is 1. The fraction of sp³-hybridized carbons (Fsp3) is 0.571. The standard InChI is InChI=1S/C14H21N3O2/c1-10-4-5-11(14(15-10)19-3)8-17(2)9-12-6-7-13(18)16-12/h4-5,12H,6-9H2,1-3H3,(H,16,18)/t12-/m1/s1. The minimum absolute atomic E-state index is 0.160. The van der Waals surface area contributed by atoms with Crippen molar-refractivity contribution in [2.75, 3.05) is 20.7 Å². The molecular formula is C14H21N3O2. The van der Waals surface area contributed by atoms with E-state index in [1.165, 1.54) is 0 Å². The van der Waals surface area contributed by atoms with Crippen LogP contribution in [0.2, 0.25) is 0 Å². The number of hydrogen-bond acceptors (Lipinski definition) is 4. The fourth-order valence-corrected chi connectivity index (χ4v) is 2.40. The van der Waals surface area contributed by atoms with Gasteiger partial charge in [0.05, 0.1) is 7.11 Å². The molecule has 1 aromatic heterocycles. The van der Waals surface area contributed by atoms with E-state index in [1.807, 2.05) is 26.1 Å². The van der Waals surface area contributed by atoms with Crippen molar-refractivity contribution in [2.24, 2.45) is 0 Å². The van der Waals surface area contributed by atoms with Crippen LogP contribution >= 0.6 is 0 Å². The Morgan fingerprint density at radius 2 is 2.32 bits per heavy atom. The van der Waals surface area contributed by atoms with Gasteiger partial charge in [-0.25, -0.2) is 4.98 Å². The SMILES string of the molecule is COc1nc(C)ccc1CN(C)C[C@H]1CCC(=O)N1. The molecule has 5 heteroatoms. The summed E-state index contributed by atoms with van der Waals surface area (Å²) in [5.41, 5.74) is 2.02. The minimum Gasteiger partial charge on any atom is -0.481 e. The Morgan fingerprint density at radius 3 is 2.95 bits per heavy atom. The Labute approximate surface area is 114 Å². The molecule has 104 valence electrons. The van der Waals surface area contributed by atoms with Gasteiger partial charge in [0.2, 0.25) is 11.8 Å². The normalized spacial score (nSPS) is 18.7. The zero-order valence-corrected chi connectivity index (χ0v) is 11.8. The Kier molecular flexibility index (Phi) is 4.37. The zero-order valence-electron chi connectivity index (χ0n) is 11.8. The molecule has 0 bridgehead atoms. The molecule has 1 saturated heterocycles. The number of carbonyl (C=O) groups is 1. The predicted octanol–water partition coefficient (Wildman–Crippen LogP) is 1.11. The van der Waals surface area contributed by atoms with Gasteiger partial charge in [0, 0.05) is 36.8 Å². The third kappa shape index (κ3) is 3.67. The summed E-state index contributed by atoms with van der Waals surface area (Å²) >= 11 is 0. The molecule has 0 aliphatic carbocycles. The number of nitrogens with zero attached hydrogens (tertiary/aromatic N) is 2. The second kappa shape index (κ2) is 6.02.